The molecule has 0 bridgehead atoms. The lowest BCUT2D eigenvalue weighted by Gasteiger charge is -2.29. The predicted octanol–water partition coefficient (Wildman–Crippen LogP) is -0.971. The van der Waals surface area contributed by atoms with Crippen LogP contribution in [0.25, 0.3) is 0 Å². The van der Waals surface area contributed by atoms with Gasteiger partial charge in [0.25, 0.3) is 0 Å². The number of anilines is 1. The van der Waals surface area contributed by atoms with Crippen molar-refractivity contribution >= 4 is 5.82 Å². The van der Waals surface area contributed by atoms with Gasteiger partial charge in [-0.05, 0) is 6.92 Å². The lowest BCUT2D eigenvalue weighted by molar-refractivity contribution is -0.0459. The fourth-order valence-corrected chi connectivity index (χ4v) is 2.91. The Morgan fingerprint density at radius 1 is 1.41 bits per heavy atom. The molecule has 8 heteroatoms. The van der Waals surface area contributed by atoms with Crippen molar-refractivity contribution in [3.8, 4) is 0 Å². The molecule has 0 aromatic carbocycles. The SMILES string of the molecule is Cc1cn([C@H]2C[C@H](O)[C@@H](CO)O2)c(=O)nc1N1CCOCC1. The Labute approximate surface area is 127 Å². The smallest absolute Gasteiger partial charge is 0.351 e. The van der Waals surface area contributed by atoms with Crippen LogP contribution in [-0.2, 0) is 9.47 Å². The van der Waals surface area contributed by atoms with Gasteiger partial charge in [-0.15, -0.1) is 0 Å². The van der Waals surface area contributed by atoms with E-state index >= 15 is 0 Å². The zero-order valence-corrected chi connectivity index (χ0v) is 12.5. The van der Waals surface area contributed by atoms with Gasteiger partial charge in [-0.1, -0.05) is 0 Å². The predicted molar refractivity (Wildman–Crippen MR) is 77.9 cm³/mol. The largest absolute Gasteiger partial charge is 0.394 e. The number of aliphatic hydroxyl groups is 2. The molecule has 0 amide bonds. The van der Waals surface area contributed by atoms with E-state index in [9.17, 15) is 9.90 Å². The van der Waals surface area contributed by atoms with Gasteiger partial charge in [-0.3, -0.25) is 4.57 Å². The molecule has 2 saturated heterocycles. The Kier molecular flexibility index (Phi) is 4.44. The van der Waals surface area contributed by atoms with Gasteiger partial charge in [-0.25, -0.2) is 4.79 Å². The van der Waals surface area contributed by atoms with E-state index in [4.69, 9.17) is 14.6 Å². The van der Waals surface area contributed by atoms with Gasteiger partial charge in [0.1, 0.15) is 18.1 Å². The number of rotatable bonds is 3. The third-order valence-electron chi connectivity index (χ3n) is 4.11. The molecule has 8 nitrogen and oxygen atoms in total. The van der Waals surface area contributed by atoms with Crippen molar-refractivity contribution in [2.75, 3.05) is 37.8 Å². The molecule has 0 aliphatic carbocycles. The van der Waals surface area contributed by atoms with Crippen LogP contribution in [0, 0.1) is 6.92 Å². The average molecular weight is 311 g/mol. The highest BCUT2D eigenvalue weighted by molar-refractivity contribution is 5.45. The lowest BCUT2D eigenvalue weighted by atomic mass is 10.2. The van der Waals surface area contributed by atoms with Crippen LogP contribution in [0.3, 0.4) is 0 Å². The molecule has 2 N–H and O–H groups in total. The van der Waals surface area contributed by atoms with Crippen LogP contribution in [-0.4, -0.2) is 64.9 Å². The highest BCUT2D eigenvalue weighted by atomic mass is 16.5. The van der Waals surface area contributed by atoms with Crippen LogP contribution in [0.4, 0.5) is 5.82 Å². The molecule has 1 aromatic heterocycles. The molecule has 0 saturated carbocycles. The fourth-order valence-electron chi connectivity index (χ4n) is 2.91. The molecule has 0 radical (unpaired) electrons. The summed E-state index contributed by atoms with van der Waals surface area (Å²) in [6.07, 6.45) is -0.0534. The van der Waals surface area contributed by atoms with Crippen molar-refractivity contribution in [2.45, 2.75) is 31.8 Å². The Morgan fingerprint density at radius 2 is 2.14 bits per heavy atom. The van der Waals surface area contributed by atoms with Crippen molar-refractivity contribution < 1.29 is 19.7 Å². The van der Waals surface area contributed by atoms with Gasteiger partial charge in [0.15, 0.2) is 0 Å². The fraction of sp³-hybridized carbons (Fsp3) is 0.714. The van der Waals surface area contributed by atoms with Crippen LogP contribution in [0.2, 0.25) is 0 Å². The van der Waals surface area contributed by atoms with Crippen LogP contribution in [0.5, 0.6) is 0 Å². The summed E-state index contributed by atoms with van der Waals surface area (Å²) >= 11 is 0. The number of nitrogens with zero attached hydrogens (tertiary/aromatic N) is 3. The normalized spacial score (nSPS) is 29.0. The van der Waals surface area contributed by atoms with Gasteiger partial charge >= 0.3 is 5.69 Å². The molecule has 122 valence electrons. The minimum Gasteiger partial charge on any atom is -0.394 e. The summed E-state index contributed by atoms with van der Waals surface area (Å²) in [7, 11) is 0. The topological polar surface area (TPSA) is 97.0 Å². The van der Waals surface area contributed by atoms with Crippen LogP contribution in [0.1, 0.15) is 18.2 Å². The molecular formula is C14H21N3O5. The Morgan fingerprint density at radius 3 is 2.77 bits per heavy atom. The summed E-state index contributed by atoms with van der Waals surface area (Å²) < 4.78 is 12.2. The summed E-state index contributed by atoms with van der Waals surface area (Å²) in [5.41, 5.74) is 0.454. The summed E-state index contributed by atoms with van der Waals surface area (Å²) in [4.78, 5) is 18.5. The van der Waals surface area contributed by atoms with Gasteiger partial charge in [-0.2, -0.15) is 4.98 Å². The van der Waals surface area contributed by atoms with E-state index in [-0.39, 0.29) is 13.0 Å². The molecule has 2 aliphatic heterocycles. The number of aromatic nitrogens is 2. The van der Waals surface area contributed by atoms with Gasteiger partial charge < -0.3 is 24.6 Å². The molecule has 22 heavy (non-hydrogen) atoms. The van der Waals surface area contributed by atoms with E-state index in [2.05, 4.69) is 4.98 Å². The van der Waals surface area contributed by atoms with E-state index < -0.39 is 24.1 Å². The molecule has 3 heterocycles. The first-order valence-corrected chi connectivity index (χ1v) is 7.47. The summed E-state index contributed by atoms with van der Waals surface area (Å²) in [5, 5.41) is 18.9. The summed E-state index contributed by atoms with van der Waals surface area (Å²) in [5.74, 6) is 0.668. The van der Waals surface area contributed by atoms with Crippen molar-refractivity contribution in [2.24, 2.45) is 0 Å². The quantitative estimate of drug-likeness (QED) is 0.741. The minimum atomic E-state index is -0.777. The van der Waals surface area contributed by atoms with Crippen LogP contribution < -0.4 is 10.6 Å². The third-order valence-corrected chi connectivity index (χ3v) is 4.11. The van der Waals surface area contributed by atoms with E-state index in [0.717, 1.165) is 5.56 Å². The molecule has 1 aromatic rings. The Balaban J connectivity index is 1.85. The first-order valence-electron chi connectivity index (χ1n) is 7.47. The number of hydrogen-bond donors (Lipinski definition) is 2. The average Bonchev–Trinajstić information content (AvgIpc) is 2.91. The van der Waals surface area contributed by atoms with Crippen molar-refractivity contribution in [1.29, 1.82) is 0 Å². The van der Waals surface area contributed by atoms with E-state index in [0.29, 0.717) is 32.1 Å². The Bertz CT molecular complexity index is 584. The number of ether oxygens (including phenoxy) is 2. The second kappa shape index (κ2) is 6.33. The highest BCUT2D eigenvalue weighted by Gasteiger charge is 2.35. The first-order chi connectivity index (χ1) is 10.6. The summed E-state index contributed by atoms with van der Waals surface area (Å²) in [6.45, 7) is 4.29. The van der Waals surface area contributed by atoms with E-state index in [1.54, 1.807) is 6.20 Å². The van der Waals surface area contributed by atoms with Crippen molar-refractivity contribution in [3.05, 3.63) is 22.2 Å². The standard InChI is InChI=1S/C14H21N3O5/c1-9-7-17(12-6-10(19)11(8-18)22-12)14(20)15-13(9)16-2-4-21-5-3-16/h7,10-12,18-19H,2-6,8H2,1H3/t10-,11+,12+/m0/s1. The van der Waals surface area contributed by atoms with Crippen molar-refractivity contribution in [1.82, 2.24) is 9.55 Å². The molecule has 0 spiro atoms. The molecule has 2 fully saturated rings. The van der Waals surface area contributed by atoms with Crippen LogP contribution >= 0.6 is 0 Å². The van der Waals surface area contributed by atoms with Crippen molar-refractivity contribution in [3.63, 3.8) is 0 Å². The third kappa shape index (κ3) is 2.87. The number of hydrogen-bond acceptors (Lipinski definition) is 7. The monoisotopic (exact) mass is 311 g/mol. The maximum atomic E-state index is 12.3. The van der Waals surface area contributed by atoms with Gasteiger partial charge in [0.2, 0.25) is 0 Å². The zero-order chi connectivity index (χ0) is 15.7. The second-order valence-corrected chi connectivity index (χ2v) is 5.65. The van der Waals surface area contributed by atoms with Gasteiger partial charge in [0.05, 0.1) is 25.9 Å². The summed E-state index contributed by atoms with van der Waals surface area (Å²) in [6, 6.07) is 0. The molecule has 2 aliphatic rings. The molecule has 0 unspecified atom stereocenters. The lowest BCUT2D eigenvalue weighted by Crippen LogP contribution is -2.39. The number of morpholine rings is 1. The van der Waals surface area contributed by atoms with E-state index in [1.165, 1.54) is 4.57 Å². The highest BCUT2D eigenvalue weighted by Crippen LogP contribution is 2.28. The van der Waals surface area contributed by atoms with Gasteiger partial charge in [0, 0.05) is 31.3 Å². The molecule has 3 atom stereocenters. The Hall–Kier alpha value is -1.48. The zero-order valence-electron chi connectivity index (χ0n) is 12.5. The maximum absolute atomic E-state index is 12.3. The van der Waals surface area contributed by atoms with Crippen LogP contribution in [0.15, 0.2) is 11.0 Å². The van der Waals surface area contributed by atoms with E-state index in [1.807, 2.05) is 11.8 Å². The first kappa shape index (κ1) is 15.4. The molecular weight excluding hydrogens is 290 g/mol. The second-order valence-electron chi connectivity index (χ2n) is 5.65. The number of aryl methyl sites for hydroxylation is 1. The number of aliphatic hydroxyl groups excluding tert-OH is 2. The minimum absolute atomic E-state index is 0.267. The molecule has 3 rings (SSSR count). The maximum Gasteiger partial charge on any atom is 0.351 e.